The summed E-state index contributed by atoms with van der Waals surface area (Å²) in [6.07, 6.45) is 1.98. The van der Waals surface area contributed by atoms with E-state index in [1.165, 1.54) is 0 Å². The van der Waals surface area contributed by atoms with E-state index >= 15 is 0 Å². The van der Waals surface area contributed by atoms with Gasteiger partial charge in [-0.2, -0.15) is 0 Å². The molecule has 1 rings (SSSR count). The van der Waals surface area contributed by atoms with Gasteiger partial charge in [0, 0.05) is 13.2 Å². The van der Waals surface area contributed by atoms with Crippen LogP contribution in [-0.4, -0.2) is 33.5 Å². The highest BCUT2D eigenvalue weighted by atomic mass is 16.5. The van der Waals surface area contributed by atoms with Crippen LogP contribution in [0, 0.1) is 0 Å². The largest absolute Gasteiger partial charge is 0.497 e. The molecule has 0 aliphatic carbocycles. The van der Waals surface area contributed by atoms with Gasteiger partial charge in [0.2, 0.25) is 0 Å². The first-order chi connectivity index (χ1) is 10.0. The van der Waals surface area contributed by atoms with Gasteiger partial charge in [-0.1, -0.05) is 13.8 Å². The van der Waals surface area contributed by atoms with Crippen molar-refractivity contribution in [1.82, 2.24) is 5.32 Å². The third-order valence-electron chi connectivity index (χ3n) is 4.08. The van der Waals surface area contributed by atoms with Crippen molar-refractivity contribution in [3.63, 3.8) is 0 Å². The highest BCUT2D eigenvalue weighted by Gasteiger charge is 2.34. The van der Waals surface area contributed by atoms with Gasteiger partial charge >= 0.3 is 0 Å². The first-order valence-electron chi connectivity index (χ1n) is 7.56. The number of methoxy groups -OCH3 is 3. The third kappa shape index (κ3) is 4.35. The van der Waals surface area contributed by atoms with Crippen LogP contribution in [0.4, 0.5) is 0 Å². The van der Waals surface area contributed by atoms with E-state index < -0.39 is 0 Å². The molecule has 0 heterocycles. The Morgan fingerprint density at radius 2 is 1.62 bits per heavy atom. The zero-order valence-corrected chi connectivity index (χ0v) is 14.2. The quantitative estimate of drug-likeness (QED) is 0.756. The van der Waals surface area contributed by atoms with Crippen LogP contribution in [0.5, 0.6) is 11.5 Å². The minimum atomic E-state index is -0.285. The molecule has 0 saturated heterocycles. The maximum absolute atomic E-state index is 5.80. The summed E-state index contributed by atoms with van der Waals surface area (Å²) in [6, 6.07) is 6.05. The molecule has 4 heteroatoms. The van der Waals surface area contributed by atoms with Crippen molar-refractivity contribution in [2.45, 2.75) is 45.3 Å². The number of nitrogens with one attached hydrogen (secondary N) is 1. The van der Waals surface area contributed by atoms with E-state index in [1.54, 1.807) is 21.3 Å². The van der Waals surface area contributed by atoms with E-state index in [9.17, 15) is 0 Å². The standard InChI is InChI=1S/C17H29NO3/c1-7-9-18-16(17(3,8-2)21-6)13-10-14(19-4)12-15(11-13)20-5/h10-12,16,18H,7-9H2,1-6H3. The van der Waals surface area contributed by atoms with E-state index in [0.29, 0.717) is 0 Å². The van der Waals surface area contributed by atoms with Gasteiger partial charge in [0.15, 0.2) is 0 Å². The predicted octanol–water partition coefficient (Wildman–Crippen LogP) is 3.56. The summed E-state index contributed by atoms with van der Waals surface area (Å²) in [5.74, 6) is 1.59. The van der Waals surface area contributed by atoms with Crippen LogP contribution in [0.1, 0.15) is 45.2 Å². The first kappa shape index (κ1) is 17.8. The van der Waals surface area contributed by atoms with Crippen LogP contribution in [0.3, 0.4) is 0 Å². The minimum Gasteiger partial charge on any atom is -0.497 e. The van der Waals surface area contributed by atoms with E-state index in [0.717, 1.165) is 36.4 Å². The van der Waals surface area contributed by atoms with Crippen molar-refractivity contribution in [3.8, 4) is 11.5 Å². The molecule has 120 valence electrons. The summed E-state index contributed by atoms with van der Waals surface area (Å²) in [5.41, 5.74) is 0.831. The molecule has 1 aromatic rings. The fraction of sp³-hybridized carbons (Fsp3) is 0.647. The highest BCUT2D eigenvalue weighted by Crippen LogP contribution is 2.35. The second kappa shape index (κ2) is 8.25. The van der Waals surface area contributed by atoms with Gasteiger partial charge in [-0.15, -0.1) is 0 Å². The molecule has 2 unspecified atom stereocenters. The summed E-state index contributed by atoms with van der Waals surface area (Å²) >= 11 is 0. The summed E-state index contributed by atoms with van der Waals surface area (Å²) in [6.45, 7) is 7.36. The molecule has 0 saturated carbocycles. The number of hydrogen-bond acceptors (Lipinski definition) is 4. The Balaban J connectivity index is 3.24. The van der Waals surface area contributed by atoms with E-state index in [1.807, 2.05) is 18.2 Å². The Morgan fingerprint density at radius 3 is 2.00 bits per heavy atom. The van der Waals surface area contributed by atoms with Crippen LogP contribution in [0.25, 0.3) is 0 Å². The average Bonchev–Trinajstić information content (AvgIpc) is 2.54. The van der Waals surface area contributed by atoms with Crippen LogP contribution in [0.15, 0.2) is 18.2 Å². The summed E-state index contributed by atoms with van der Waals surface area (Å²) < 4.78 is 16.6. The Bertz CT molecular complexity index is 408. The molecule has 4 nitrogen and oxygen atoms in total. The first-order valence-corrected chi connectivity index (χ1v) is 7.56. The molecule has 0 aromatic heterocycles. The molecular formula is C17H29NO3. The van der Waals surface area contributed by atoms with Gasteiger partial charge in [-0.05, 0) is 44.0 Å². The second-order valence-corrected chi connectivity index (χ2v) is 5.40. The van der Waals surface area contributed by atoms with Crippen molar-refractivity contribution >= 4 is 0 Å². The monoisotopic (exact) mass is 295 g/mol. The highest BCUT2D eigenvalue weighted by molar-refractivity contribution is 5.40. The molecule has 0 aliphatic rings. The molecular weight excluding hydrogens is 266 g/mol. The second-order valence-electron chi connectivity index (χ2n) is 5.40. The van der Waals surface area contributed by atoms with Crippen molar-refractivity contribution < 1.29 is 14.2 Å². The van der Waals surface area contributed by atoms with Gasteiger partial charge in [0.25, 0.3) is 0 Å². The molecule has 1 aromatic carbocycles. The van der Waals surface area contributed by atoms with Crippen LogP contribution >= 0.6 is 0 Å². The number of benzene rings is 1. The lowest BCUT2D eigenvalue weighted by Gasteiger charge is -2.37. The SMILES string of the molecule is CCCNC(c1cc(OC)cc(OC)c1)C(C)(CC)OC. The molecule has 0 amide bonds. The van der Waals surface area contributed by atoms with Gasteiger partial charge in [0.1, 0.15) is 11.5 Å². The van der Waals surface area contributed by atoms with Crippen molar-refractivity contribution in [2.24, 2.45) is 0 Å². The van der Waals surface area contributed by atoms with Crippen LogP contribution in [-0.2, 0) is 4.74 Å². The Morgan fingerprint density at radius 1 is 1.05 bits per heavy atom. The fourth-order valence-electron chi connectivity index (χ4n) is 2.44. The van der Waals surface area contributed by atoms with E-state index in [4.69, 9.17) is 14.2 Å². The molecule has 0 bridgehead atoms. The number of ether oxygens (including phenoxy) is 3. The van der Waals surface area contributed by atoms with Gasteiger partial charge in [0.05, 0.1) is 25.9 Å². The third-order valence-corrected chi connectivity index (χ3v) is 4.08. The van der Waals surface area contributed by atoms with Crippen molar-refractivity contribution in [2.75, 3.05) is 27.9 Å². The summed E-state index contributed by atoms with van der Waals surface area (Å²) in [4.78, 5) is 0. The maximum atomic E-state index is 5.80. The van der Waals surface area contributed by atoms with E-state index in [-0.39, 0.29) is 11.6 Å². The van der Waals surface area contributed by atoms with Crippen LogP contribution in [0.2, 0.25) is 0 Å². The lowest BCUT2D eigenvalue weighted by molar-refractivity contribution is -0.0300. The molecule has 0 spiro atoms. The van der Waals surface area contributed by atoms with E-state index in [2.05, 4.69) is 26.1 Å². The lowest BCUT2D eigenvalue weighted by Crippen LogP contribution is -2.43. The Hall–Kier alpha value is -1.26. The minimum absolute atomic E-state index is 0.0800. The predicted molar refractivity (Wildman–Crippen MR) is 86.3 cm³/mol. The molecule has 0 aliphatic heterocycles. The molecule has 0 radical (unpaired) electrons. The normalized spacial score (nSPS) is 15.3. The topological polar surface area (TPSA) is 39.7 Å². The maximum Gasteiger partial charge on any atom is 0.122 e. The van der Waals surface area contributed by atoms with Crippen molar-refractivity contribution in [3.05, 3.63) is 23.8 Å². The molecule has 2 atom stereocenters. The Labute approximate surface area is 128 Å². The zero-order chi connectivity index (χ0) is 15.9. The summed E-state index contributed by atoms with van der Waals surface area (Å²) in [7, 11) is 5.10. The Kier molecular flexibility index (Phi) is 6.99. The zero-order valence-electron chi connectivity index (χ0n) is 14.2. The fourth-order valence-corrected chi connectivity index (χ4v) is 2.44. The average molecular weight is 295 g/mol. The van der Waals surface area contributed by atoms with Crippen molar-refractivity contribution in [1.29, 1.82) is 0 Å². The van der Waals surface area contributed by atoms with Gasteiger partial charge in [-0.3, -0.25) is 0 Å². The molecule has 21 heavy (non-hydrogen) atoms. The molecule has 0 fully saturated rings. The number of rotatable bonds is 9. The number of hydrogen-bond donors (Lipinski definition) is 1. The van der Waals surface area contributed by atoms with Gasteiger partial charge < -0.3 is 19.5 Å². The molecule has 1 N–H and O–H groups in total. The summed E-state index contributed by atoms with van der Waals surface area (Å²) in [5, 5.41) is 3.59. The smallest absolute Gasteiger partial charge is 0.122 e. The van der Waals surface area contributed by atoms with Gasteiger partial charge in [-0.25, -0.2) is 0 Å². The van der Waals surface area contributed by atoms with Crippen LogP contribution < -0.4 is 14.8 Å². The lowest BCUT2D eigenvalue weighted by atomic mass is 9.87.